The van der Waals surface area contributed by atoms with E-state index in [1.807, 2.05) is 30.3 Å². The van der Waals surface area contributed by atoms with Crippen LogP contribution in [0.5, 0.6) is 0 Å². The van der Waals surface area contributed by atoms with Gasteiger partial charge in [0.2, 0.25) is 10.0 Å². The molecule has 1 saturated heterocycles. The molecular weight excluding hydrogens is 358 g/mol. The standard InChI is InChI=1S/C17H19N3O5S/c18-26(23,24)17-7-6-14(20(21)22)11-15(17)19-13-8-9-25-16(10-13)12-4-2-1-3-5-12/h1-7,11,13,16,19H,8-10H2,(H2,18,23,24). The highest BCUT2D eigenvalue weighted by Gasteiger charge is 2.26. The van der Waals surface area contributed by atoms with Crippen LogP contribution in [-0.4, -0.2) is 26.0 Å². The molecule has 2 aromatic carbocycles. The molecule has 0 spiro atoms. The number of nitrogens with one attached hydrogen (secondary N) is 1. The van der Waals surface area contributed by atoms with Crippen molar-refractivity contribution in [1.82, 2.24) is 0 Å². The third-order valence-electron chi connectivity index (χ3n) is 4.30. The van der Waals surface area contributed by atoms with Gasteiger partial charge in [0.05, 0.1) is 16.7 Å². The lowest BCUT2D eigenvalue weighted by atomic mass is 9.97. The quantitative estimate of drug-likeness (QED) is 0.609. The summed E-state index contributed by atoms with van der Waals surface area (Å²) >= 11 is 0. The van der Waals surface area contributed by atoms with Crippen molar-refractivity contribution in [3.05, 3.63) is 64.2 Å². The summed E-state index contributed by atoms with van der Waals surface area (Å²) < 4.78 is 29.4. The number of hydrogen-bond donors (Lipinski definition) is 2. The second-order valence-corrected chi connectivity index (χ2v) is 7.65. The number of anilines is 1. The number of nitrogens with zero attached hydrogens (tertiary/aromatic N) is 1. The summed E-state index contributed by atoms with van der Waals surface area (Å²) in [5.74, 6) is 0. The van der Waals surface area contributed by atoms with Gasteiger partial charge in [0.25, 0.3) is 5.69 Å². The molecule has 0 saturated carbocycles. The van der Waals surface area contributed by atoms with Crippen LogP contribution in [0.4, 0.5) is 11.4 Å². The Labute approximate surface area is 151 Å². The molecule has 3 rings (SSSR count). The number of benzene rings is 2. The van der Waals surface area contributed by atoms with Gasteiger partial charge in [0, 0.05) is 24.8 Å². The number of sulfonamides is 1. The SMILES string of the molecule is NS(=O)(=O)c1ccc([N+](=O)[O-])cc1NC1CCOC(c2ccccc2)C1. The van der Waals surface area contributed by atoms with Gasteiger partial charge >= 0.3 is 0 Å². The lowest BCUT2D eigenvalue weighted by Gasteiger charge is -2.31. The van der Waals surface area contributed by atoms with Gasteiger partial charge in [-0.05, 0) is 24.5 Å². The second-order valence-electron chi connectivity index (χ2n) is 6.12. The summed E-state index contributed by atoms with van der Waals surface area (Å²) in [5.41, 5.74) is 0.969. The average Bonchev–Trinajstić information content (AvgIpc) is 2.61. The molecule has 26 heavy (non-hydrogen) atoms. The fraction of sp³-hybridized carbons (Fsp3) is 0.294. The summed E-state index contributed by atoms with van der Waals surface area (Å²) in [6.45, 7) is 0.497. The van der Waals surface area contributed by atoms with E-state index in [9.17, 15) is 18.5 Å². The van der Waals surface area contributed by atoms with E-state index in [4.69, 9.17) is 9.88 Å². The first-order valence-electron chi connectivity index (χ1n) is 8.09. The number of nitro benzene ring substituents is 1. The molecule has 1 heterocycles. The molecule has 1 aliphatic rings. The Morgan fingerprint density at radius 2 is 1.92 bits per heavy atom. The summed E-state index contributed by atoms with van der Waals surface area (Å²) in [6.07, 6.45) is 1.13. The number of nitro groups is 1. The van der Waals surface area contributed by atoms with Crippen LogP contribution in [0.3, 0.4) is 0 Å². The number of nitrogens with two attached hydrogens (primary N) is 1. The summed E-state index contributed by atoms with van der Waals surface area (Å²) in [6, 6.07) is 13.1. The van der Waals surface area contributed by atoms with Crippen LogP contribution in [0.25, 0.3) is 0 Å². The van der Waals surface area contributed by atoms with Crippen LogP contribution in [0, 0.1) is 10.1 Å². The van der Waals surface area contributed by atoms with Crippen LogP contribution in [0.2, 0.25) is 0 Å². The molecule has 0 amide bonds. The molecule has 2 aromatic rings. The molecule has 2 unspecified atom stereocenters. The van der Waals surface area contributed by atoms with Crippen molar-refractivity contribution < 1.29 is 18.1 Å². The third-order valence-corrected chi connectivity index (χ3v) is 5.26. The van der Waals surface area contributed by atoms with Gasteiger partial charge in [0.1, 0.15) is 4.90 Å². The Kier molecular flexibility index (Phi) is 5.21. The molecule has 1 aliphatic heterocycles. The molecule has 0 aliphatic carbocycles. The number of non-ortho nitro benzene ring substituents is 1. The van der Waals surface area contributed by atoms with Gasteiger partial charge in [-0.3, -0.25) is 10.1 Å². The molecular formula is C17H19N3O5S. The molecule has 0 bridgehead atoms. The van der Waals surface area contributed by atoms with Crippen molar-refractivity contribution in [1.29, 1.82) is 0 Å². The Morgan fingerprint density at radius 1 is 1.19 bits per heavy atom. The molecule has 1 fully saturated rings. The van der Waals surface area contributed by atoms with E-state index in [1.54, 1.807) is 0 Å². The maximum Gasteiger partial charge on any atom is 0.271 e. The van der Waals surface area contributed by atoms with Crippen molar-refractivity contribution >= 4 is 21.4 Å². The molecule has 0 aromatic heterocycles. The highest BCUT2D eigenvalue weighted by atomic mass is 32.2. The van der Waals surface area contributed by atoms with Crippen LogP contribution in [0.1, 0.15) is 24.5 Å². The molecule has 2 atom stereocenters. The highest BCUT2D eigenvalue weighted by molar-refractivity contribution is 7.89. The second kappa shape index (κ2) is 7.40. The average molecular weight is 377 g/mol. The minimum Gasteiger partial charge on any atom is -0.381 e. The number of rotatable bonds is 5. The van der Waals surface area contributed by atoms with Gasteiger partial charge in [-0.15, -0.1) is 0 Å². The van der Waals surface area contributed by atoms with Crippen molar-refractivity contribution in [3.63, 3.8) is 0 Å². The van der Waals surface area contributed by atoms with Gasteiger partial charge in [-0.2, -0.15) is 0 Å². The third kappa shape index (κ3) is 4.18. The van der Waals surface area contributed by atoms with Crippen LogP contribution >= 0.6 is 0 Å². The minimum absolute atomic E-state index is 0.100. The Bertz CT molecular complexity index is 902. The predicted octanol–water partition coefficient (Wildman–Crippen LogP) is 2.57. The fourth-order valence-corrected chi connectivity index (χ4v) is 3.72. The van der Waals surface area contributed by atoms with E-state index in [2.05, 4.69) is 5.32 Å². The summed E-state index contributed by atoms with van der Waals surface area (Å²) in [5, 5.41) is 19.4. The first-order valence-corrected chi connectivity index (χ1v) is 9.63. The van der Waals surface area contributed by atoms with E-state index < -0.39 is 14.9 Å². The maximum absolute atomic E-state index is 11.8. The van der Waals surface area contributed by atoms with E-state index in [-0.39, 0.29) is 28.4 Å². The lowest BCUT2D eigenvalue weighted by Crippen LogP contribution is -2.31. The predicted molar refractivity (Wildman–Crippen MR) is 96.2 cm³/mol. The molecule has 3 N–H and O–H groups in total. The van der Waals surface area contributed by atoms with Crippen LogP contribution < -0.4 is 10.5 Å². The molecule has 0 radical (unpaired) electrons. The van der Waals surface area contributed by atoms with Crippen molar-refractivity contribution in [2.24, 2.45) is 5.14 Å². The first-order chi connectivity index (χ1) is 12.3. The van der Waals surface area contributed by atoms with E-state index in [0.29, 0.717) is 19.4 Å². The smallest absolute Gasteiger partial charge is 0.271 e. The zero-order chi connectivity index (χ0) is 18.7. The number of hydrogen-bond acceptors (Lipinski definition) is 6. The Balaban J connectivity index is 1.85. The van der Waals surface area contributed by atoms with Crippen molar-refractivity contribution in [3.8, 4) is 0 Å². The van der Waals surface area contributed by atoms with Crippen molar-refractivity contribution in [2.75, 3.05) is 11.9 Å². The van der Waals surface area contributed by atoms with Crippen molar-refractivity contribution in [2.45, 2.75) is 29.9 Å². The van der Waals surface area contributed by atoms with Gasteiger partial charge in [-0.25, -0.2) is 13.6 Å². The normalized spacial score (nSPS) is 20.5. The van der Waals surface area contributed by atoms with Gasteiger partial charge < -0.3 is 10.1 Å². The number of ether oxygens (including phenoxy) is 1. The largest absolute Gasteiger partial charge is 0.381 e. The zero-order valence-corrected chi connectivity index (χ0v) is 14.7. The fourth-order valence-electron chi connectivity index (χ4n) is 3.04. The lowest BCUT2D eigenvalue weighted by molar-refractivity contribution is -0.384. The summed E-state index contributed by atoms with van der Waals surface area (Å²) in [4.78, 5) is 10.3. The van der Waals surface area contributed by atoms with E-state index in [1.165, 1.54) is 6.07 Å². The highest BCUT2D eigenvalue weighted by Crippen LogP contribution is 2.32. The summed E-state index contributed by atoms with van der Waals surface area (Å²) in [7, 11) is -4.01. The first kappa shape index (κ1) is 18.3. The number of primary sulfonamides is 1. The zero-order valence-electron chi connectivity index (χ0n) is 13.9. The van der Waals surface area contributed by atoms with Gasteiger partial charge in [0.15, 0.2) is 0 Å². The van der Waals surface area contributed by atoms with Crippen LogP contribution in [-0.2, 0) is 14.8 Å². The van der Waals surface area contributed by atoms with Gasteiger partial charge in [-0.1, -0.05) is 30.3 Å². The van der Waals surface area contributed by atoms with Crippen LogP contribution in [0.15, 0.2) is 53.4 Å². The topological polar surface area (TPSA) is 125 Å². The Hall–Kier alpha value is -2.49. The Morgan fingerprint density at radius 3 is 2.58 bits per heavy atom. The maximum atomic E-state index is 11.8. The minimum atomic E-state index is -4.01. The van der Waals surface area contributed by atoms with E-state index in [0.717, 1.165) is 17.7 Å². The molecule has 8 nitrogen and oxygen atoms in total. The molecule has 9 heteroatoms. The van der Waals surface area contributed by atoms with E-state index >= 15 is 0 Å². The molecule has 138 valence electrons. The monoisotopic (exact) mass is 377 g/mol.